The predicted octanol–water partition coefficient (Wildman–Crippen LogP) is 5.47. The first-order valence-corrected chi connectivity index (χ1v) is 10.2. The first-order chi connectivity index (χ1) is 11.1. The number of aliphatic imine (C=N–C) groups is 1. The summed E-state index contributed by atoms with van der Waals surface area (Å²) in [6, 6.07) is 6.47. The SMILES string of the molecule is COc1c(I)cc(I)cc1/C=N/c1sc2c(c1C#N)CCCC2. The minimum absolute atomic E-state index is 0.764. The summed E-state index contributed by atoms with van der Waals surface area (Å²) in [4.78, 5) is 5.96. The standard InChI is InChI=1S/C17H14I2N2OS/c1-22-16-10(6-11(18)7-14(16)19)9-21-17-13(8-20)12-4-2-3-5-15(12)23-17/h6-7,9H,2-5H2,1H3/b21-9+. The highest BCUT2D eigenvalue weighted by Crippen LogP contribution is 2.39. The average molecular weight is 548 g/mol. The topological polar surface area (TPSA) is 45.4 Å². The van der Waals surface area contributed by atoms with Gasteiger partial charge in [-0.2, -0.15) is 5.26 Å². The molecular weight excluding hydrogens is 534 g/mol. The molecule has 0 bridgehead atoms. The quantitative estimate of drug-likeness (QED) is 0.378. The van der Waals surface area contributed by atoms with Crippen LogP contribution in [0, 0.1) is 18.5 Å². The molecule has 0 fully saturated rings. The summed E-state index contributed by atoms with van der Waals surface area (Å²) in [7, 11) is 1.67. The number of hydrogen-bond acceptors (Lipinski definition) is 4. The van der Waals surface area contributed by atoms with Crippen LogP contribution in [0.4, 0.5) is 5.00 Å². The molecular formula is C17H14I2N2OS. The van der Waals surface area contributed by atoms with Crippen LogP contribution in [-0.4, -0.2) is 13.3 Å². The molecule has 0 N–H and O–H groups in total. The molecule has 2 aromatic rings. The highest BCUT2D eigenvalue weighted by Gasteiger charge is 2.20. The Labute approximate surface area is 167 Å². The summed E-state index contributed by atoms with van der Waals surface area (Å²) in [5.74, 6) is 0.828. The molecule has 118 valence electrons. The number of nitriles is 1. The van der Waals surface area contributed by atoms with Crippen molar-refractivity contribution in [2.45, 2.75) is 25.7 Å². The van der Waals surface area contributed by atoms with Gasteiger partial charge < -0.3 is 4.74 Å². The lowest BCUT2D eigenvalue weighted by molar-refractivity contribution is 0.411. The number of benzene rings is 1. The lowest BCUT2D eigenvalue weighted by Gasteiger charge is -2.09. The van der Waals surface area contributed by atoms with Crippen LogP contribution in [0.5, 0.6) is 5.75 Å². The van der Waals surface area contributed by atoms with Crippen LogP contribution in [0.2, 0.25) is 0 Å². The van der Waals surface area contributed by atoms with E-state index in [-0.39, 0.29) is 0 Å². The molecule has 0 amide bonds. The van der Waals surface area contributed by atoms with Gasteiger partial charge in [0, 0.05) is 20.2 Å². The third-order valence-electron chi connectivity index (χ3n) is 3.83. The fraction of sp³-hybridized carbons (Fsp3) is 0.294. The molecule has 23 heavy (non-hydrogen) atoms. The maximum absolute atomic E-state index is 9.51. The average Bonchev–Trinajstić information content (AvgIpc) is 2.89. The van der Waals surface area contributed by atoms with E-state index < -0.39 is 0 Å². The van der Waals surface area contributed by atoms with E-state index in [1.54, 1.807) is 18.4 Å². The number of thiophene rings is 1. The monoisotopic (exact) mass is 548 g/mol. The molecule has 0 radical (unpaired) electrons. The van der Waals surface area contributed by atoms with E-state index in [0.717, 1.165) is 41.9 Å². The van der Waals surface area contributed by atoms with E-state index in [4.69, 9.17) is 4.74 Å². The van der Waals surface area contributed by atoms with E-state index in [2.05, 4.69) is 62.3 Å². The van der Waals surface area contributed by atoms with Gasteiger partial charge in [-0.25, -0.2) is 4.99 Å². The Kier molecular flexibility index (Phi) is 5.59. The van der Waals surface area contributed by atoms with Crippen molar-refractivity contribution in [1.82, 2.24) is 0 Å². The van der Waals surface area contributed by atoms with Crippen molar-refractivity contribution < 1.29 is 4.74 Å². The minimum atomic E-state index is 0.764. The Balaban J connectivity index is 2.01. The van der Waals surface area contributed by atoms with Crippen molar-refractivity contribution >= 4 is 67.7 Å². The number of halogens is 2. The normalized spacial score (nSPS) is 13.8. The van der Waals surface area contributed by atoms with Crippen LogP contribution in [0.15, 0.2) is 17.1 Å². The Hall–Kier alpha value is -0.660. The van der Waals surface area contributed by atoms with Crippen molar-refractivity contribution in [3.63, 3.8) is 0 Å². The van der Waals surface area contributed by atoms with Crippen molar-refractivity contribution in [2.75, 3.05) is 7.11 Å². The van der Waals surface area contributed by atoms with E-state index in [9.17, 15) is 5.26 Å². The van der Waals surface area contributed by atoms with Crippen LogP contribution >= 0.6 is 56.5 Å². The highest BCUT2D eigenvalue weighted by atomic mass is 127. The van der Waals surface area contributed by atoms with Crippen molar-refractivity contribution in [3.8, 4) is 11.8 Å². The molecule has 3 nitrogen and oxygen atoms in total. The Bertz CT molecular complexity index is 821. The number of methoxy groups -OCH3 is 1. The third-order valence-corrected chi connectivity index (χ3v) is 6.45. The van der Waals surface area contributed by atoms with Crippen molar-refractivity contribution in [1.29, 1.82) is 5.26 Å². The van der Waals surface area contributed by atoms with Gasteiger partial charge in [-0.05, 0) is 88.6 Å². The first-order valence-electron chi connectivity index (χ1n) is 7.25. The van der Waals surface area contributed by atoms with Gasteiger partial charge in [0.15, 0.2) is 0 Å². The molecule has 1 aromatic carbocycles. The summed E-state index contributed by atoms with van der Waals surface area (Å²) in [5.41, 5.74) is 2.93. The zero-order chi connectivity index (χ0) is 16.4. The fourth-order valence-electron chi connectivity index (χ4n) is 2.78. The van der Waals surface area contributed by atoms with Gasteiger partial charge in [0.25, 0.3) is 0 Å². The number of aryl methyl sites for hydroxylation is 1. The Morgan fingerprint density at radius 1 is 1.30 bits per heavy atom. The predicted molar refractivity (Wildman–Crippen MR) is 111 cm³/mol. The summed E-state index contributed by atoms with van der Waals surface area (Å²) in [5, 5.41) is 10.3. The van der Waals surface area contributed by atoms with E-state index in [0.29, 0.717) is 0 Å². The lowest BCUT2D eigenvalue weighted by atomic mass is 9.96. The summed E-state index contributed by atoms with van der Waals surface area (Å²) >= 11 is 6.22. The highest BCUT2D eigenvalue weighted by molar-refractivity contribution is 14.1. The molecule has 0 aliphatic heterocycles. The smallest absolute Gasteiger partial charge is 0.141 e. The van der Waals surface area contributed by atoms with Crippen molar-refractivity contribution in [3.05, 3.63) is 40.8 Å². The molecule has 0 unspecified atom stereocenters. The third kappa shape index (κ3) is 3.56. The van der Waals surface area contributed by atoms with E-state index in [1.165, 1.54) is 23.3 Å². The van der Waals surface area contributed by atoms with Gasteiger partial charge in [-0.15, -0.1) is 11.3 Å². The van der Waals surface area contributed by atoms with E-state index >= 15 is 0 Å². The molecule has 6 heteroatoms. The first kappa shape index (κ1) is 17.2. The van der Waals surface area contributed by atoms with Crippen LogP contribution in [-0.2, 0) is 12.8 Å². The fourth-order valence-corrected chi connectivity index (χ4v) is 6.07. The van der Waals surface area contributed by atoms with Crippen LogP contribution in [0.3, 0.4) is 0 Å². The lowest BCUT2D eigenvalue weighted by Crippen LogP contribution is -1.99. The van der Waals surface area contributed by atoms with Gasteiger partial charge in [0.1, 0.15) is 16.8 Å². The van der Waals surface area contributed by atoms with Gasteiger partial charge >= 0.3 is 0 Å². The zero-order valence-corrected chi connectivity index (χ0v) is 17.7. The summed E-state index contributed by atoms with van der Waals surface area (Å²) in [6.45, 7) is 0. The van der Waals surface area contributed by atoms with Gasteiger partial charge in [-0.3, -0.25) is 0 Å². The maximum atomic E-state index is 9.51. The number of fused-ring (bicyclic) bond motifs is 1. The molecule has 0 atom stereocenters. The van der Waals surface area contributed by atoms with Gasteiger partial charge in [0.05, 0.1) is 16.2 Å². The minimum Gasteiger partial charge on any atom is -0.495 e. The number of rotatable bonds is 3. The van der Waals surface area contributed by atoms with Gasteiger partial charge in [0.2, 0.25) is 0 Å². The number of nitrogens with zero attached hydrogens (tertiary/aromatic N) is 2. The van der Waals surface area contributed by atoms with Crippen molar-refractivity contribution in [2.24, 2.45) is 4.99 Å². The second-order valence-electron chi connectivity index (χ2n) is 5.27. The molecule has 3 rings (SSSR count). The maximum Gasteiger partial charge on any atom is 0.141 e. The van der Waals surface area contributed by atoms with Crippen LogP contribution in [0.1, 0.15) is 34.4 Å². The number of hydrogen-bond donors (Lipinski definition) is 0. The summed E-state index contributed by atoms with van der Waals surface area (Å²) < 4.78 is 7.69. The second-order valence-corrected chi connectivity index (χ2v) is 8.76. The molecule has 1 heterocycles. The Morgan fingerprint density at radius 3 is 2.83 bits per heavy atom. The summed E-state index contributed by atoms with van der Waals surface area (Å²) in [6.07, 6.45) is 6.29. The molecule has 1 aromatic heterocycles. The van der Waals surface area contributed by atoms with E-state index in [1.807, 2.05) is 12.3 Å². The molecule has 1 aliphatic rings. The van der Waals surface area contributed by atoms with Crippen LogP contribution in [0.25, 0.3) is 0 Å². The number of ether oxygens (including phenoxy) is 1. The molecule has 0 saturated heterocycles. The van der Waals surface area contributed by atoms with Gasteiger partial charge in [-0.1, -0.05) is 0 Å². The molecule has 0 saturated carbocycles. The second kappa shape index (κ2) is 7.49. The molecule has 1 aliphatic carbocycles. The Morgan fingerprint density at radius 2 is 2.09 bits per heavy atom. The van der Waals surface area contributed by atoms with Crippen LogP contribution < -0.4 is 4.74 Å². The largest absolute Gasteiger partial charge is 0.495 e. The molecule has 0 spiro atoms. The zero-order valence-electron chi connectivity index (χ0n) is 12.5.